The van der Waals surface area contributed by atoms with Crippen LogP contribution in [0, 0.1) is 0 Å². The van der Waals surface area contributed by atoms with Crippen molar-refractivity contribution in [2.45, 2.75) is 38.8 Å². The lowest BCUT2D eigenvalue weighted by atomic mass is 9.91. The van der Waals surface area contributed by atoms with Gasteiger partial charge in [0.05, 0.1) is 12.0 Å². The van der Waals surface area contributed by atoms with Crippen molar-refractivity contribution in [3.8, 4) is 0 Å². The summed E-state index contributed by atoms with van der Waals surface area (Å²) in [4.78, 5) is 5.59. The minimum Gasteiger partial charge on any atom is -0.332 e. The smallest absolute Gasteiger partial charge is 0.0948 e. The highest BCUT2D eigenvalue weighted by Gasteiger charge is 2.23. The van der Waals surface area contributed by atoms with Gasteiger partial charge in [-0.3, -0.25) is 0 Å². The molecule has 0 aliphatic heterocycles. The molecule has 17 heavy (non-hydrogen) atoms. The molecule has 2 rings (SSSR count). The molecule has 0 saturated carbocycles. The van der Waals surface area contributed by atoms with Crippen LogP contribution >= 0.6 is 11.3 Å². The third-order valence-electron chi connectivity index (χ3n) is 2.96. The summed E-state index contributed by atoms with van der Waals surface area (Å²) >= 11 is 1.80. The van der Waals surface area contributed by atoms with Gasteiger partial charge >= 0.3 is 0 Å². The van der Waals surface area contributed by atoms with Crippen LogP contribution in [-0.4, -0.2) is 9.55 Å². The molecule has 2 aromatic heterocycles. The normalized spacial score (nSPS) is 13.9. The summed E-state index contributed by atoms with van der Waals surface area (Å²) in [6, 6.07) is 4.31. The third-order valence-corrected chi connectivity index (χ3v) is 4.20. The lowest BCUT2D eigenvalue weighted by Gasteiger charge is -2.25. The Hall–Kier alpha value is -1.13. The van der Waals surface area contributed by atoms with Crippen LogP contribution in [0.25, 0.3) is 0 Å². The van der Waals surface area contributed by atoms with Gasteiger partial charge in [-0.1, -0.05) is 19.9 Å². The average molecular weight is 249 g/mol. The van der Waals surface area contributed by atoms with Crippen LogP contribution in [0.4, 0.5) is 0 Å². The van der Waals surface area contributed by atoms with Crippen molar-refractivity contribution in [3.05, 3.63) is 40.6 Å². The Labute approximate surface area is 106 Å². The van der Waals surface area contributed by atoms with Crippen molar-refractivity contribution in [1.29, 1.82) is 0 Å². The summed E-state index contributed by atoms with van der Waals surface area (Å²) < 4.78 is 2.16. The van der Waals surface area contributed by atoms with E-state index >= 15 is 0 Å². The summed E-state index contributed by atoms with van der Waals surface area (Å²) in [5.74, 6) is 0. The highest BCUT2D eigenvalue weighted by molar-refractivity contribution is 7.10. The summed E-state index contributed by atoms with van der Waals surface area (Å²) in [5, 5.41) is 2.12. The molecular formula is C13H19N3S. The molecule has 0 saturated heterocycles. The average Bonchev–Trinajstić information content (AvgIpc) is 2.85. The molecule has 1 atom stereocenters. The fourth-order valence-corrected chi connectivity index (χ4v) is 2.85. The number of nitrogens with two attached hydrogens (primary N) is 1. The summed E-state index contributed by atoms with van der Waals surface area (Å²) in [6.07, 6.45) is 3.73. The van der Waals surface area contributed by atoms with E-state index in [1.165, 1.54) is 4.88 Å². The van der Waals surface area contributed by atoms with Gasteiger partial charge in [0, 0.05) is 29.1 Å². The summed E-state index contributed by atoms with van der Waals surface area (Å²) in [7, 11) is 0. The highest BCUT2D eigenvalue weighted by Crippen LogP contribution is 2.29. The third kappa shape index (κ3) is 2.58. The van der Waals surface area contributed by atoms with Crippen LogP contribution < -0.4 is 5.73 Å². The van der Waals surface area contributed by atoms with Crippen LogP contribution in [0.1, 0.15) is 37.4 Å². The van der Waals surface area contributed by atoms with E-state index in [1.807, 2.05) is 19.4 Å². The van der Waals surface area contributed by atoms with Gasteiger partial charge in [-0.2, -0.15) is 0 Å². The van der Waals surface area contributed by atoms with Gasteiger partial charge in [0.1, 0.15) is 0 Å². The first kappa shape index (κ1) is 12.3. The number of rotatable bonds is 4. The second kappa shape index (κ2) is 4.63. The van der Waals surface area contributed by atoms with Crippen LogP contribution in [-0.2, 0) is 12.0 Å². The SMILES string of the molecule is CC(N)c1cncn1CC(C)(C)c1cccs1. The number of imidazole rings is 1. The topological polar surface area (TPSA) is 43.8 Å². The molecular weight excluding hydrogens is 230 g/mol. The van der Waals surface area contributed by atoms with Crippen molar-refractivity contribution >= 4 is 11.3 Å². The van der Waals surface area contributed by atoms with E-state index in [1.54, 1.807) is 11.3 Å². The van der Waals surface area contributed by atoms with E-state index < -0.39 is 0 Å². The predicted molar refractivity (Wildman–Crippen MR) is 72.2 cm³/mol. The van der Waals surface area contributed by atoms with Gasteiger partial charge in [-0.25, -0.2) is 4.98 Å². The van der Waals surface area contributed by atoms with Crippen molar-refractivity contribution in [2.24, 2.45) is 5.73 Å². The Balaban J connectivity index is 2.23. The fourth-order valence-electron chi connectivity index (χ4n) is 2.01. The Morgan fingerprint density at radius 1 is 1.53 bits per heavy atom. The lowest BCUT2D eigenvalue weighted by Crippen LogP contribution is -2.25. The number of hydrogen-bond acceptors (Lipinski definition) is 3. The maximum atomic E-state index is 5.94. The zero-order valence-electron chi connectivity index (χ0n) is 10.6. The van der Waals surface area contributed by atoms with Crippen LogP contribution in [0.15, 0.2) is 30.0 Å². The van der Waals surface area contributed by atoms with Crippen LogP contribution in [0.5, 0.6) is 0 Å². The first-order valence-corrected chi connectivity index (χ1v) is 6.68. The van der Waals surface area contributed by atoms with Crippen molar-refractivity contribution in [3.63, 3.8) is 0 Å². The maximum Gasteiger partial charge on any atom is 0.0948 e. The molecule has 0 bridgehead atoms. The molecule has 3 nitrogen and oxygen atoms in total. The first-order chi connectivity index (χ1) is 8.00. The molecule has 2 aromatic rings. The molecule has 1 unspecified atom stereocenters. The van der Waals surface area contributed by atoms with Crippen molar-refractivity contribution < 1.29 is 0 Å². The summed E-state index contributed by atoms with van der Waals surface area (Å²) in [6.45, 7) is 7.41. The van der Waals surface area contributed by atoms with Crippen LogP contribution in [0.3, 0.4) is 0 Å². The molecule has 2 heterocycles. The minimum atomic E-state index is 0.0247. The second-order valence-electron chi connectivity index (χ2n) is 5.10. The van der Waals surface area contributed by atoms with Gasteiger partial charge in [0.15, 0.2) is 0 Å². The molecule has 92 valence electrons. The summed E-state index contributed by atoms with van der Waals surface area (Å²) in [5.41, 5.74) is 7.14. The monoisotopic (exact) mass is 249 g/mol. The molecule has 0 aromatic carbocycles. The van der Waals surface area contributed by atoms with Crippen LogP contribution in [0.2, 0.25) is 0 Å². The number of thiophene rings is 1. The largest absolute Gasteiger partial charge is 0.332 e. The Morgan fingerprint density at radius 2 is 2.29 bits per heavy atom. The maximum absolute atomic E-state index is 5.94. The van der Waals surface area contributed by atoms with E-state index in [0.717, 1.165) is 12.2 Å². The number of nitrogens with zero attached hydrogens (tertiary/aromatic N) is 2. The van der Waals surface area contributed by atoms with E-state index in [-0.39, 0.29) is 11.5 Å². The predicted octanol–water partition coefficient (Wildman–Crippen LogP) is 2.94. The second-order valence-corrected chi connectivity index (χ2v) is 6.04. The number of aromatic nitrogens is 2. The van der Waals surface area contributed by atoms with E-state index in [0.29, 0.717) is 0 Å². The van der Waals surface area contributed by atoms with E-state index in [4.69, 9.17) is 5.73 Å². The van der Waals surface area contributed by atoms with Gasteiger partial charge < -0.3 is 10.3 Å². The van der Waals surface area contributed by atoms with E-state index in [9.17, 15) is 0 Å². The zero-order chi connectivity index (χ0) is 12.5. The molecule has 0 amide bonds. The van der Waals surface area contributed by atoms with Crippen molar-refractivity contribution in [2.75, 3.05) is 0 Å². The quantitative estimate of drug-likeness (QED) is 0.905. The molecule has 4 heteroatoms. The molecule has 0 aliphatic carbocycles. The van der Waals surface area contributed by atoms with Gasteiger partial charge in [-0.15, -0.1) is 11.3 Å². The Bertz CT molecular complexity index is 469. The molecule has 0 aliphatic rings. The Kier molecular flexibility index (Phi) is 3.35. The molecule has 2 N–H and O–H groups in total. The van der Waals surface area contributed by atoms with Gasteiger partial charge in [0.2, 0.25) is 0 Å². The number of hydrogen-bond donors (Lipinski definition) is 1. The molecule has 0 spiro atoms. The minimum absolute atomic E-state index is 0.0247. The van der Waals surface area contributed by atoms with Gasteiger partial charge in [0.25, 0.3) is 0 Å². The highest BCUT2D eigenvalue weighted by atomic mass is 32.1. The van der Waals surface area contributed by atoms with Crippen molar-refractivity contribution in [1.82, 2.24) is 9.55 Å². The van der Waals surface area contributed by atoms with E-state index in [2.05, 4.69) is 40.9 Å². The van der Waals surface area contributed by atoms with Gasteiger partial charge in [-0.05, 0) is 18.4 Å². The first-order valence-electron chi connectivity index (χ1n) is 5.80. The molecule has 0 radical (unpaired) electrons. The lowest BCUT2D eigenvalue weighted by molar-refractivity contribution is 0.429. The zero-order valence-corrected chi connectivity index (χ0v) is 11.4. The fraction of sp³-hybridized carbons (Fsp3) is 0.462. The molecule has 0 fully saturated rings. The standard InChI is InChI=1S/C13H19N3S/c1-10(14)11-7-15-9-16(11)8-13(2,3)12-5-4-6-17-12/h4-7,9-10H,8,14H2,1-3H3. The Morgan fingerprint density at radius 3 is 2.88 bits per heavy atom.